The molecule has 0 radical (unpaired) electrons. The van der Waals surface area contributed by atoms with Gasteiger partial charge in [-0.15, -0.1) is 11.3 Å². The Bertz CT molecular complexity index is 821. The van der Waals surface area contributed by atoms with E-state index < -0.39 is 0 Å². The van der Waals surface area contributed by atoms with E-state index in [0.717, 1.165) is 21.0 Å². The van der Waals surface area contributed by atoms with Crippen LogP contribution in [-0.4, -0.2) is 35.0 Å². The van der Waals surface area contributed by atoms with Gasteiger partial charge in [0.05, 0.1) is 18.7 Å². The highest BCUT2D eigenvalue weighted by atomic mass is 32.1. The Morgan fingerprint density at radius 3 is 3.12 bits per heavy atom. The number of aromatic nitrogens is 1. The van der Waals surface area contributed by atoms with Crippen LogP contribution in [0.15, 0.2) is 24.5 Å². The van der Waals surface area contributed by atoms with E-state index in [4.69, 9.17) is 4.74 Å². The van der Waals surface area contributed by atoms with Crippen molar-refractivity contribution in [2.45, 2.75) is 26.1 Å². The topological polar surface area (TPSA) is 83.6 Å². The van der Waals surface area contributed by atoms with Gasteiger partial charge in [0.2, 0.25) is 0 Å². The number of hydrogen-bond acceptors (Lipinski definition) is 6. The quantitative estimate of drug-likeness (QED) is 0.862. The average molecular weight is 358 g/mol. The highest BCUT2D eigenvalue weighted by Gasteiger charge is 2.34. The molecule has 7 nitrogen and oxygen atoms in total. The predicted octanol–water partition coefficient (Wildman–Crippen LogP) is 2.51. The van der Waals surface area contributed by atoms with Crippen LogP contribution in [0.1, 0.15) is 39.5 Å². The molecular formula is C17H18N4O3S. The fourth-order valence-corrected chi connectivity index (χ4v) is 4.49. The van der Waals surface area contributed by atoms with Gasteiger partial charge in [-0.3, -0.25) is 9.78 Å². The number of pyridine rings is 1. The van der Waals surface area contributed by atoms with Crippen LogP contribution in [0.3, 0.4) is 0 Å². The van der Waals surface area contributed by atoms with Crippen LogP contribution in [0.25, 0.3) is 0 Å². The maximum absolute atomic E-state index is 12.7. The number of ether oxygens (including phenoxy) is 1. The monoisotopic (exact) mass is 358 g/mol. The molecule has 0 fully saturated rings. The fraction of sp³-hybridized carbons (Fsp3) is 0.353. The molecule has 8 heteroatoms. The van der Waals surface area contributed by atoms with Gasteiger partial charge in [-0.05, 0) is 25.0 Å². The Labute approximate surface area is 149 Å². The van der Waals surface area contributed by atoms with Gasteiger partial charge in [0.15, 0.2) is 0 Å². The Kier molecular flexibility index (Phi) is 4.04. The highest BCUT2D eigenvalue weighted by Crippen LogP contribution is 2.40. The molecule has 2 aliphatic heterocycles. The zero-order chi connectivity index (χ0) is 17.4. The molecule has 2 N–H and O–H groups in total. The van der Waals surface area contributed by atoms with Crippen LogP contribution < -0.4 is 10.6 Å². The van der Waals surface area contributed by atoms with Crippen molar-refractivity contribution < 1.29 is 14.3 Å². The van der Waals surface area contributed by atoms with Crippen LogP contribution in [0.5, 0.6) is 0 Å². The fourth-order valence-electron chi connectivity index (χ4n) is 3.20. The molecule has 2 aromatic heterocycles. The molecule has 4 heterocycles. The van der Waals surface area contributed by atoms with Crippen molar-refractivity contribution in [3.05, 3.63) is 46.1 Å². The molecule has 0 aliphatic carbocycles. The van der Waals surface area contributed by atoms with Gasteiger partial charge in [0.1, 0.15) is 11.2 Å². The van der Waals surface area contributed by atoms with Gasteiger partial charge < -0.3 is 20.3 Å². The number of anilines is 1. The molecular weight excluding hydrogens is 340 g/mol. The number of thiophene rings is 1. The maximum Gasteiger partial charge on any atom is 0.410 e. The van der Waals surface area contributed by atoms with E-state index in [-0.39, 0.29) is 18.2 Å². The van der Waals surface area contributed by atoms with Crippen molar-refractivity contribution in [1.82, 2.24) is 15.2 Å². The minimum atomic E-state index is -0.301. The molecule has 0 spiro atoms. The number of hydrogen-bond donors (Lipinski definition) is 2. The number of amides is 2. The summed E-state index contributed by atoms with van der Waals surface area (Å²) in [6.45, 7) is 3.20. The summed E-state index contributed by atoms with van der Waals surface area (Å²) < 4.78 is 5.08. The van der Waals surface area contributed by atoms with E-state index in [1.165, 1.54) is 11.3 Å². The Balaban J connectivity index is 1.60. The van der Waals surface area contributed by atoms with Gasteiger partial charge >= 0.3 is 6.09 Å². The van der Waals surface area contributed by atoms with Crippen LogP contribution in [-0.2, 0) is 17.7 Å². The van der Waals surface area contributed by atoms with Crippen molar-refractivity contribution in [1.29, 1.82) is 0 Å². The highest BCUT2D eigenvalue weighted by molar-refractivity contribution is 7.16. The first-order chi connectivity index (χ1) is 12.2. The second-order valence-corrected chi connectivity index (χ2v) is 7.02. The van der Waals surface area contributed by atoms with Crippen molar-refractivity contribution in [2.75, 3.05) is 18.5 Å². The molecule has 2 aliphatic rings. The summed E-state index contributed by atoms with van der Waals surface area (Å²) in [7, 11) is 0. The molecule has 2 amide bonds. The molecule has 0 bridgehead atoms. The van der Waals surface area contributed by atoms with Crippen LogP contribution in [0.4, 0.5) is 9.80 Å². The first-order valence-electron chi connectivity index (χ1n) is 8.21. The van der Waals surface area contributed by atoms with E-state index in [1.54, 1.807) is 24.2 Å². The number of carbonyl (C=O) groups excluding carboxylic acids is 2. The number of nitrogens with zero attached hydrogens (tertiary/aromatic N) is 2. The summed E-state index contributed by atoms with van der Waals surface area (Å²) in [5, 5.41) is 7.23. The van der Waals surface area contributed by atoms with E-state index in [2.05, 4.69) is 15.6 Å². The lowest BCUT2D eigenvalue weighted by Gasteiger charge is -2.28. The average Bonchev–Trinajstić information content (AvgIpc) is 3.00. The molecule has 0 saturated carbocycles. The van der Waals surface area contributed by atoms with E-state index in [1.807, 2.05) is 12.1 Å². The third-order valence-corrected chi connectivity index (χ3v) is 5.53. The van der Waals surface area contributed by atoms with Gasteiger partial charge in [-0.1, -0.05) is 6.07 Å². The molecule has 0 saturated heterocycles. The van der Waals surface area contributed by atoms with E-state index >= 15 is 0 Å². The van der Waals surface area contributed by atoms with Crippen molar-refractivity contribution >= 4 is 28.3 Å². The van der Waals surface area contributed by atoms with Gasteiger partial charge in [-0.25, -0.2) is 4.79 Å². The summed E-state index contributed by atoms with van der Waals surface area (Å²) in [6.07, 6.45) is 3.50. The molecule has 0 aromatic carbocycles. The Morgan fingerprint density at radius 2 is 2.36 bits per heavy atom. The smallest absolute Gasteiger partial charge is 0.410 e. The molecule has 25 heavy (non-hydrogen) atoms. The van der Waals surface area contributed by atoms with Crippen molar-refractivity contribution in [3.8, 4) is 0 Å². The first kappa shape index (κ1) is 15.9. The third kappa shape index (κ3) is 2.82. The number of nitrogens with one attached hydrogen (secondary N) is 2. The SMILES string of the molecule is CCOC(=O)N1CCc2c(sc3c2C(=O)N[C@H](c2cccnc2)N3)C1. The van der Waals surface area contributed by atoms with E-state index in [0.29, 0.717) is 31.7 Å². The maximum atomic E-state index is 12.7. The summed E-state index contributed by atoms with van der Waals surface area (Å²) >= 11 is 1.54. The zero-order valence-electron chi connectivity index (χ0n) is 13.7. The van der Waals surface area contributed by atoms with Crippen molar-refractivity contribution in [3.63, 3.8) is 0 Å². The molecule has 0 unspecified atom stereocenters. The summed E-state index contributed by atoms with van der Waals surface area (Å²) in [4.78, 5) is 31.4. The molecule has 2 aromatic rings. The minimum Gasteiger partial charge on any atom is -0.450 e. The first-order valence-corrected chi connectivity index (χ1v) is 9.02. The third-order valence-electron chi connectivity index (χ3n) is 4.38. The predicted molar refractivity (Wildman–Crippen MR) is 93.5 cm³/mol. The van der Waals surface area contributed by atoms with Crippen molar-refractivity contribution in [2.24, 2.45) is 0 Å². The molecule has 1 atom stereocenters. The van der Waals surface area contributed by atoms with Crippen LogP contribution in [0.2, 0.25) is 0 Å². The number of fused-ring (bicyclic) bond motifs is 3. The van der Waals surface area contributed by atoms with Gasteiger partial charge in [0.25, 0.3) is 5.91 Å². The standard InChI is InChI=1S/C17H18N4O3S/c1-2-24-17(23)21-7-5-11-12(9-21)25-16-13(11)15(22)19-14(20-16)10-4-3-6-18-8-10/h3-4,6,8,14,20H,2,5,7,9H2,1H3,(H,19,22)/t14-/m0/s1. The summed E-state index contributed by atoms with van der Waals surface area (Å²) in [5.41, 5.74) is 2.65. The van der Waals surface area contributed by atoms with Gasteiger partial charge in [0, 0.05) is 29.4 Å². The van der Waals surface area contributed by atoms with Gasteiger partial charge in [-0.2, -0.15) is 0 Å². The summed E-state index contributed by atoms with van der Waals surface area (Å²) in [5.74, 6) is -0.0790. The Hall–Kier alpha value is -2.61. The van der Waals surface area contributed by atoms with Crippen LogP contribution in [0, 0.1) is 0 Å². The van der Waals surface area contributed by atoms with E-state index in [9.17, 15) is 9.59 Å². The lowest BCUT2D eigenvalue weighted by atomic mass is 10.0. The minimum absolute atomic E-state index is 0.0790. The molecule has 4 rings (SSSR count). The Morgan fingerprint density at radius 1 is 1.48 bits per heavy atom. The number of rotatable bonds is 2. The lowest BCUT2D eigenvalue weighted by molar-refractivity contribution is 0.0934. The normalized spacial score (nSPS) is 18.7. The lowest BCUT2D eigenvalue weighted by Crippen LogP contribution is -2.39. The van der Waals surface area contributed by atoms with Crippen LogP contribution >= 0.6 is 11.3 Å². The molecule has 130 valence electrons. The largest absolute Gasteiger partial charge is 0.450 e. The summed E-state index contributed by atoms with van der Waals surface area (Å²) in [6, 6.07) is 3.77. The zero-order valence-corrected chi connectivity index (χ0v) is 14.6. The second kappa shape index (κ2) is 6.36. The second-order valence-electron chi connectivity index (χ2n) is 5.92. The number of carbonyl (C=O) groups is 2.